The Morgan fingerprint density at radius 2 is 2.00 bits per heavy atom. The van der Waals surface area contributed by atoms with Gasteiger partial charge in [-0.05, 0) is 37.5 Å². The molecular formula is C14H17FO4. The van der Waals surface area contributed by atoms with Crippen molar-refractivity contribution in [3.8, 4) is 11.5 Å². The van der Waals surface area contributed by atoms with Crippen LogP contribution in [0.4, 0.5) is 4.39 Å². The summed E-state index contributed by atoms with van der Waals surface area (Å²) in [7, 11) is 2.91. The van der Waals surface area contributed by atoms with E-state index in [4.69, 9.17) is 9.47 Å². The number of carboxylic acids is 1. The molecule has 0 amide bonds. The molecule has 1 aliphatic carbocycles. The molecule has 19 heavy (non-hydrogen) atoms. The van der Waals surface area contributed by atoms with Crippen molar-refractivity contribution in [2.24, 2.45) is 0 Å². The number of carboxylic acid groups (broad SMARTS) is 1. The Bertz CT molecular complexity index is 506. The summed E-state index contributed by atoms with van der Waals surface area (Å²) in [5, 5.41) is 9.38. The van der Waals surface area contributed by atoms with Gasteiger partial charge in [-0.15, -0.1) is 0 Å². The summed E-state index contributed by atoms with van der Waals surface area (Å²) in [4.78, 5) is 11.4. The summed E-state index contributed by atoms with van der Waals surface area (Å²) in [6.07, 6.45) is -0.124. The fraction of sp³-hybridized carbons (Fsp3) is 0.500. The molecule has 5 heteroatoms. The highest BCUT2D eigenvalue weighted by Crippen LogP contribution is 2.54. The van der Waals surface area contributed by atoms with Gasteiger partial charge in [0.15, 0.2) is 11.5 Å². The minimum Gasteiger partial charge on any atom is -0.493 e. The zero-order valence-electron chi connectivity index (χ0n) is 11.2. The molecule has 0 aromatic heterocycles. The first-order valence-corrected chi connectivity index (χ1v) is 6.10. The van der Waals surface area contributed by atoms with Crippen molar-refractivity contribution in [3.05, 3.63) is 23.3 Å². The highest BCUT2D eigenvalue weighted by atomic mass is 19.1. The fourth-order valence-corrected chi connectivity index (χ4v) is 2.29. The van der Waals surface area contributed by atoms with Crippen LogP contribution in [0, 0.1) is 0 Å². The van der Waals surface area contributed by atoms with Crippen molar-refractivity contribution in [2.75, 3.05) is 14.2 Å². The second-order valence-electron chi connectivity index (χ2n) is 4.81. The lowest BCUT2D eigenvalue weighted by Gasteiger charge is -2.19. The van der Waals surface area contributed by atoms with Gasteiger partial charge in [-0.2, -0.15) is 0 Å². The van der Waals surface area contributed by atoms with Crippen LogP contribution >= 0.6 is 0 Å². The van der Waals surface area contributed by atoms with Gasteiger partial charge in [0.05, 0.1) is 19.6 Å². The lowest BCUT2D eigenvalue weighted by atomic mass is 9.92. The van der Waals surface area contributed by atoms with E-state index >= 15 is 0 Å². The summed E-state index contributed by atoms with van der Waals surface area (Å²) in [5.41, 5.74) is -0.0506. The van der Waals surface area contributed by atoms with Gasteiger partial charge in [0.1, 0.15) is 6.17 Å². The molecule has 0 aliphatic heterocycles. The van der Waals surface area contributed by atoms with Crippen molar-refractivity contribution in [1.29, 1.82) is 0 Å². The zero-order chi connectivity index (χ0) is 14.2. The molecule has 1 aromatic carbocycles. The summed E-state index contributed by atoms with van der Waals surface area (Å²) in [5.74, 6) is -0.157. The fourth-order valence-electron chi connectivity index (χ4n) is 2.29. The maximum atomic E-state index is 13.5. The Hall–Kier alpha value is -1.78. The minimum atomic E-state index is -1.19. The molecule has 1 aliphatic rings. The van der Waals surface area contributed by atoms with E-state index in [9.17, 15) is 14.3 Å². The first-order valence-electron chi connectivity index (χ1n) is 6.10. The van der Waals surface area contributed by atoms with E-state index in [1.807, 2.05) is 0 Å². The van der Waals surface area contributed by atoms with Gasteiger partial charge in [0, 0.05) is 5.56 Å². The van der Waals surface area contributed by atoms with Crippen LogP contribution in [0.25, 0.3) is 0 Å². The number of aliphatic carboxylic acids is 1. The molecule has 1 N–H and O–H groups in total. The Balaban J connectivity index is 2.63. The average molecular weight is 268 g/mol. The van der Waals surface area contributed by atoms with E-state index < -0.39 is 17.6 Å². The number of halogens is 1. The number of carbonyl (C=O) groups is 1. The standard InChI is InChI=1S/C14H17FO4/c1-8(15)9-6-10(14(4-5-14)13(16)17)12(19-3)11(7-9)18-2/h6-8H,4-5H2,1-3H3,(H,16,17). The Morgan fingerprint density at radius 3 is 2.37 bits per heavy atom. The molecule has 1 unspecified atom stereocenters. The van der Waals surface area contributed by atoms with Crippen molar-refractivity contribution < 1.29 is 23.8 Å². The van der Waals surface area contributed by atoms with E-state index in [1.165, 1.54) is 21.1 Å². The van der Waals surface area contributed by atoms with Gasteiger partial charge >= 0.3 is 5.97 Å². The molecule has 0 bridgehead atoms. The van der Waals surface area contributed by atoms with Crippen LogP contribution in [0.3, 0.4) is 0 Å². The maximum Gasteiger partial charge on any atom is 0.314 e. The van der Waals surface area contributed by atoms with Crippen LogP contribution in [0.1, 0.15) is 37.1 Å². The smallest absolute Gasteiger partial charge is 0.314 e. The predicted octanol–water partition coefficient (Wildman–Crippen LogP) is 2.85. The summed E-state index contributed by atoms with van der Waals surface area (Å²) in [6, 6.07) is 3.12. The average Bonchev–Trinajstić information content (AvgIpc) is 3.18. The Labute approximate surface area is 111 Å². The number of hydrogen-bond donors (Lipinski definition) is 1. The van der Waals surface area contributed by atoms with Crippen LogP contribution in [-0.2, 0) is 10.2 Å². The lowest BCUT2D eigenvalue weighted by molar-refractivity contribution is -0.140. The summed E-state index contributed by atoms with van der Waals surface area (Å²) < 4.78 is 24.0. The molecule has 0 heterocycles. The largest absolute Gasteiger partial charge is 0.493 e. The van der Waals surface area contributed by atoms with Crippen LogP contribution in [0.15, 0.2) is 12.1 Å². The van der Waals surface area contributed by atoms with E-state index in [1.54, 1.807) is 12.1 Å². The van der Waals surface area contributed by atoms with Gasteiger partial charge in [-0.3, -0.25) is 4.79 Å². The van der Waals surface area contributed by atoms with E-state index in [2.05, 4.69) is 0 Å². The van der Waals surface area contributed by atoms with Gasteiger partial charge in [-0.25, -0.2) is 4.39 Å². The second-order valence-corrected chi connectivity index (χ2v) is 4.81. The van der Waals surface area contributed by atoms with E-state index in [0.717, 1.165) is 0 Å². The maximum absolute atomic E-state index is 13.5. The quantitative estimate of drug-likeness (QED) is 0.892. The highest BCUT2D eigenvalue weighted by molar-refractivity contribution is 5.86. The number of methoxy groups -OCH3 is 2. The van der Waals surface area contributed by atoms with Gasteiger partial charge in [0.25, 0.3) is 0 Å². The number of ether oxygens (including phenoxy) is 2. The SMILES string of the molecule is COc1cc(C(C)F)cc(C2(C(=O)O)CC2)c1OC. The molecular weight excluding hydrogens is 251 g/mol. The van der Waals surface area contributed by atoms with E-state index in [-0.39, 0.29) is 0 Å². The highest BCUT2D eigenvalue weighted by Gasteiger charge is 2.54. The van der Waals surface area contributed by atoms with Crippen molar-refractivity contribution in [1.82, 2.24) is 0 Å². The molecule has 1 atom stereocenters. The third kappa shape index (κ3) is 2.13. The molecule has 1 fully saturated rings. The third-order valence-electron chi connectivity index (χ3n) is 3.64. The minimum absolute atomic E-state index is 0.368. The van der Waals surface area contributed by atoms with Crippen LogP contribution < -0.4 is 9.47 Å². The molecule has 0 radical (unpaired) electrons. The van der Waals surface area contributed by atoms with E-state index in [0.29, 0.717) is 35.5 Å². The first-order chi connectivity index (χ1) is 8.96. The number of hydrogen-bond acceptors (Lipinski definition) is 3. The Morgan fingerprint density at radius 1 is 1.37 bits per heavy atom. The van der Waals surface area contributed by atoms with Gasteiger partial charge in [-0.1, -0.05) is 0 Å². The van der Waals surface area contributed by atoms with Crippen LogP contribution in [0.5, 0.6) is 11.5 Å². The lowest BCUT2D eigenvalue weighted by Crippen LogP contribution is -2.21. The molecule has 0 saturated heterocycles. The zero-order valence-corrected chi connectivity index (χ0v) is 11.2. The summed E-state index contributed by atoms with van der Waals surface area (Å²) >= 11 is 0. The van der Waals surface area contributed by atoms with Crippen molar-refractivity contribution in [3.63, 3.8) is 0 Å². The third-order valence-corrected chi connectivity index (χ3v) is 3.64. The predicted molar refractivity (Wildman–Crippen MR) is 67.6 cm³/mol. The summed E-state index contributed by atoms with van der Waals surface area (Å²) in [6.45, 7) is 1.41. The normalized spacial score (nSPS) is 17.7. The number of benzene rings is 1. The first kappa shape index (κ1) is 13.6. The Kier molecular flexibility index (Phi) is 3.39. The van der Waals surface area contributed by atoms with Gasteiger partial charge < -0.3 is 14.6 Å². The van der Waals surface area contributed by atoms with Crippen molar-refractivity contribution >= 4 is 5.97 Å². The van der Waals surface area contributed by atoms with Crippen LogP contribution in [-0.4, -0.2) is 25.3 Å². The second kappa shape index (κ2) is 4.72. The number of alkyl halides is 1. The number of rotatable bonds is 5. The van der Waals surface area contributed by atoms with Crippen molar-refractivity contribution in [2.45, 2.75) is 31.4 Å². The molecule has 2 rings (SSSR count). The molecule has 0 spiro atoms. The molecule has 1 saturated carbocycles. The molecule has 1 aromatic rings. The van der Waals surface area contributed by atoms with Crippen LogP contribution in [0.2, 0.25) is 0 Å². The molecule has 104 valence electrons. The topological polar surface area (TPSA) is 55.8 Å². The monoisotopic (exact) mass is 268 g/mol. The molecule has 4 nitrogen and oxygen atoms in total. The van der Waals surface area contributed by atoms with Gasteiger partial charge in [0.2, 0.25) is 0 Å².